The number of aromatic nitrogens is 3. The number of aliphatic imine (C=N–C) groups is 1. The molecule has 0 amide bonds. The Hall–Kier alpha value is -2.69. The van der Waals surface area contributed by atoms with Crippen LogP contribution in [0.4, 0.5) is 4.39 Å². The van der Waals surface area contributed by atoms with E-state index in [9.17, 15) is 4.39 Å². The topological polar surface area (TPSA) is 76.4 Å². The first-order chi connectivity index (χ1) is 15.5. The van der Waals surface area contributed by atoms with Crippen molar-refractivity contribution in [2.45, 2.75) is 38.3 Å². The Balaban J connectivity index is 0.00000306. The summed E-state index contributed by atoms with van der Waals surface area (Å²) >= 11 is 0. The summed E-state index contributed by atoms with van der Waals surface area (Å²) in [4.78, 5) is 4.75. The number of aryl methyl sites for hydroxylation is 1. The second-order valence-corrected chi connectivity index (χ2v) is 8.20. The molecule has 1 saturated carbocycles. The highest BCUT2D eigenvalue weighted by molar-refractivity contribution is 14.0. The highest BCUT2D eigenvalue weighted by Gasteiger charge is 2.45. The Morgan fingerprint density at radius 1 is 1.12 bits per heavy atom. The van der Waals surface area contributed by atoms with Crippen LogP contribution < -0.4 is 15.4 Å². The van der Waals surface area contributed by atoms with Gasteiger partial charge in [-0.25, -0.2) is 9.38 Å². The summed E-state index contributed by atoms with van der Waals surface area (Å²) in [5.41, 5.74) is 1.65. The van der Waals surface area contributed by atoms with Gasteiger partial charge in [0.2, 0.25) is 0 Å². The molecule has 0 aliphatic heterocycles. The Bertz CT molecular complexity index is 1090. The maximum atomic E-state index is 14.4. The van der Waals surface area contributed by atoms with E-state index in [1.807, 2.05) is 54.9 Å². The summed E-state index contributed by atoms with van der Waals surface area (Å²) in [6.45, 7) is 3.52. The second kappa shape index (κ2) is 11.0. The van der Waals surface area contributed by atoms with Gasteiger partial charge in [0.1, 0.15) is 17.4 Å². The van der Waals surface area contributed by atoms with E-state index in [1.165, 1.54) is 6.07 Å². The molecule has 0 atom stereocenters. The van der Waals surface area contributed by atoms with Crippen molar-refractivity contribution < 1.29 is 9.13 Å². The lowest BCUT2D eigenvalue weighted by atomic mass is 9.95. The van der Waals surface area contributed by atoms with Gasteiger partial charge in [-0.1, -0.05) is 30.3 Å². The van der Waals surface area contributed by atoms with Crippen LogP contribution in [0.1, 0.15) is 35.6 Å². The number of methoxy groups -OCH3 is 1. The number of halogens is 2. The molecule has 9 heteroatoms. The van der Waals surface area contributed by atoms with Crippen molar-refractivity contribution >= 4 is 29.9 Å². The third-order valence-corrected chi connectivity index (χ3v) is 6.07. The molecule has 7 nitrogen and oxygen atoms in total. The maximum absolute atomic E-state index is 14.4. The number of ether oxygens (including phenoxy) is 1. The monoisotopic (exact) mass is 564 g/mol. The minimum Gasteiger partial charge on any atom is -0.497 e. The fourth-order valence-electron chi connectivity index (χ4n) is 3.68. The highest BCUT2D eigenvalue weighted by atomic mass is 127. The molecule has 1 aromatic heterocycles. The van der Waals surface area contributed by atoms with Crippen LogP contribution in [0, 0.1) is 12.7 Å². The molecule has 0 radical (unpaired) electrons. The highest BCUT2D eigenvalue weighted by Crippen LogP contribution is 2.48. The van der Waals surface area contributed by atoms with Gasteiger partial charge >= 0.3 is 0 Å². The third kappa shape index (κ3) is 6.01. The summed E-state index contributed by atoms with van der Waals surface area (Å²) in [5.74, 6) is 2.99. The van der Waals surface area contributed by atoms with E-state index in [1.54, 1.807) is 13.2 Å². The van der Waals surface area contributed by atoms with Gasteiger partial charge in [-0.05, 0) is 49.1 Å². The molecule has 1 heterocycles. The number of nitrogens with one attached hydrogen (secondary N) is 2. The van der Waals surface area contributed by atoms with Crippen molar-refractivity contribution in [3.05, 3.63) is 77.1 Å². The first kappa shape index (κ1) is 24.9. The molecule has 3 aromatic rings. The minimum absolute atomic E-state index is 0. The van der Waals surface area contributed by atoms with Gasteiger partial charge in [0.15, 0.2) is 11.8 Å². The van der Waals surface area contributed by atoms with E-state index in [-0.39, 0.29) is 35.2 Å². The molecular formula is C24H30FIN6O. The van der Waals surface area contributed by atoms with Crippen molar-refractivity contribution in [3.63, 3.8) is 0 Å². The second-order valence-electron chi connectivity index (χ2n) is 8.20. The first-order valence-corrected chi connectivity index (χ1v) is 10.8. The van der Waals surface area contributed by atoms with Gasteiger partial charge < -0.3 is 19.9 Å². The molecule has 1 aliphatic carbocycles. The number of hydrogen-bond acceptors (Lipinski definition) is 4. The molecule has 0 unspecified atom stereocenters. The summed E-state index contributed by atoms with van der Waals surface area (Å²) in [6, 6.07) is 14.9. The van der Waals surface area contributed by atoms with Gasteiger partial charge in [-0.3, -0.25) is 0 Å². The molecule has 2 N–H and O–H groups in total. The molecule has 2 aromatic carbocycles. The molecule has 0 bridgehead atoms. The molecule has 176 valence electrons. The zero-order valence-corrected chi connectivity index (χ0v) is 21.5. The Kier molecular flexibility index (Phi) is 8.28. The maximum Gasteiger partial charge on any atom is 0.192 e. The normalized spacial score (nSPS) is 14.4. The Morgan fingerprint density at radius 3 is 2.45 bits per heavy atom. The Morgan fingerprint density at radius 2 is 1.85 bits per heavy atom. The number of guanidine groups is 1. The number of nitrogens with zero attached hydrogens (tertiary/aromatic N) is 4. The van der Waals surface area contributed by atoms with Crippen molar-refractivity contribution in [2.24, 2.45) is 12.0 Å². The number of benzene rings is 2. The lowest BCUT2D eigenvalue weighted by molar-refractivity contribution is 0.414. The number of rotatable bonds is 8. The minimum atomic E-state index is -0.185. The average Bonchev–Trinajstić information content (AvgIpc) is 3.54. The van der Waals surface area contributed by atoms with Crippen LogP contribution in [-0.2, 0) is 25.6 Å². The average molecular weight is 564 g/mol. The van der Waals surface area contributed by atoms with E-state index in [0.717, 1.165) is 41.4 Å². The predicted octanol–water partition coefficient (Wildman–Crippen LogP) is 3.86. The Labute approximate surface area is 210 Å². The summed E-state index contributed by atoms with van der Waals surface area (Å²) in [6.07, 6.45) is 1.91. The standard InChI is InChI=1S/C24H29FN6O.HI/c1-17-29-30-22(31(17)2)15-27-23(26-14-18-8-10-19(32-3)11-9-18)28-16-24(12-13-24)20-6-4-5-7-21(20)25;/h4-11H,12-16H2,1-3H3,(H2,26,27,28);1H. The molecule has 0 saturated heterocycles. The van der Waals surface area contributed by atoms with Crippen LogP contribution in [0.15, 0.2) is 53.5 Å². The van der Waals surface area contributed by atoms with E-state index >= 15 is 0 Å². The van der Waals surface area contributed by atoms with Crippen molar-refractivity contribution in [2.75, 3.05) is 13.7 Å². The van der Waals surface area contributed by atoms with Gasteiger partial charge in [0.25, 0.3) is 0 Å². The molecule has 33 heavy (non-hydrogen) atoms. The predicted molar refractivity (Wildman–Crippen MR) is 137 cm³/mol. The molecule has 0 spiro atoms. The largest absolute Gasteiger partial charge is 0.497 e. The summed E-state index contributed by atoms with van der Waals surface area (Å²) in [7, 11) is 3.59. The molecule has 1 fully saturated rings. The van der Waals surface area contributed by atoms with Gasteiger partial charge in [-0.2, -0.15) is 0 Å². The van der Waals surface area contributed by atoms with Crippen molar-refractivity contribution in [1.29, 1.82) is 0 Å². The van der Waals surface area contributed by atoms with Gasteiger partial charge in [0, 0.05) is 19.0 Å². The smallest absolute Gasteiger partial charge is 0.192 e. The van der Waals surface area contributed by atoms with E-state index < -0.39 is 0 Å². The van der Waals surface area contributed by atoms with Gasteiger partial charge in [-0.15, -0.1) is 34.2 Å². The lowest BCUT2D eigenvalue weighted by Gasteiger charge is -2.20. The third-order valence-electron chi connectivity index (χ3n) is 6.07. The van der Waals surface area contributed by atoms with Crippen LogP contribution in [-0.4, -0.2) is 34.4 Å². The van der Waals surface area contributed by atoms with E-state index in [0.29, 0.717) is 25.6 Å². The van der Waals surface area contributed by atoms with Crippen LogP contribution >= 0.6 is 24.0 Å². The van der Waals surface area contributed by atoms with Crippen LogP contribution in [0.2, 0.25) is 0 Å². The summed E-state index contributed by atoms with van der Waals surface area (Å²) < 4.78 is 21.6. The first-order valence-electron chi connectivity index (χ1n) is 10.8. The SMILES string of the molecule is COc1ccc(CN=C(NCc2nnc(C)n2C)NCC2(c3ccccc3F)CC2)cc1.I. The molecular weight excluding hydrogens is 534 g/mol. The quantitative estimate of drug-likeness (QED) is 0.247. The molecule has 4 rings (SSSR count). The molecule has 1 aliphatic rings. The van der Waals surface area contributed by atoms with Crippen LogP contribution in [0.3, 0.4) is 0 Å². The lowest BCUT2D eigenvalue weighted by Crippen LogP contribution is -2.41. The van der Waals surface area contributed by atoms with Crippen molar-refractivity contribution in [1.82, 2.24) is 25.4 Å². The van der Waals surface area contributed by atoms with E-state index in [2.05, 4.69) is 20.8 Å². The zero-order chi connectivity index (χ0) is 22.6. The van der Waals surface area contributed by atoms with Crippen LogP contribution in [0.5, 0.6) is 5.75 Å². The van der Waals surface area contributed by atoms with Crippen LogP contribution in [0.25, 0.3) is 0 Å². The van der Waals surface area contributed by atoms with Crippen molar-refractivity contribution in [3.8, 4) is 5.75 Å². The van der Waals surface area contributed by atoms with Gasteiger partial charge in [0.05, 0.1) is 20.2 Å². The fourth-order valence-corrected chi connectivity index (χ4v) is 3.68. The number of hydrogen-bond donors (Lipinski definition) is 2. The fraction of sp³-hybridized carbons (Fsp3) is 0.375. The zero-order valence-electron chi connectivity index (χ0n) is 19.1. The van der Waals surface area contributed by atoms with E-state index in [4.69, 9.17) is 9.73 Å². The summed E-state index contributed by atoms with van der Waals surface area (Å²) in [5, 5.41) is 15.1.